The minimum Gasteiger partial charge on any atom is -0.395 e. The standard InChI is InChI=1S/C14H28N2O2/c1-13(2)11(12(15)14(3,4)18-13)9-16(7-8-17)10-5-6-10/h10-12,17H,5-9,15H2,1-4H3. The number of rotatable bonds is 5. The largest absolute Gasteiger partial charge is 0.395 e. The Kier molecular flexibility index (Phi) is 3.76. The Labute approximate surface area is 110 Å². The lowest BCUT2D eigenvalue weighted by atomic mass is 9.82. The third-order valence-electron chi connectivity index (χ3n) is 4.54. The van der Waals surface area contributed by atoms with Crippen LogP contribution in [0.3, 0.4) is 0 Å². The molecule has 1 heterocycles. The Balaban J connectivity index is 2.06. The first-order valence-corrected chi connectivity index (χ1v) is 7.08. The summed E-state index contributed by atoms with van der Waals surface area (Å²) >= 11 is 0. The van der Waals surface area contributed by atoms with E-state index in [2.05, 4.69) is 32.6 Å². The second kappa shape index (κ2) is 4.75. The van der Waals surface area contributed by atoms with Gasteiger partial charge in [-0.3, -0.25) is 4.90 Å². The summed E-state index contributed by atoms with van der Waals surface area (Å²) in [5, 5.41) is 9.18. The monoisotopic (exact) mass is 256 g/mol. The number of hydrogen-bond acceptors (Lipinski definition) is 4. The molecule has 1 saturated carbocycles. The van der Waals surface area contributed by atoms with Crippen LogP contribution in [0.1, 0.15) is 40.5 Å². The van der Waals surface area contributed by atoms with Crippen LogP contribution in [-0.4, -0.2) is 53.0 Å². The van der Waals surface area contributed by atoms with Crippen molar-refractivity contribution in [2.75, 3.05) is 19.7 Å². The van der Waals surface area contributed by atoms with Crippen molar-refractivity contribution in [3.8, 4) is 0 Å². The summed E-state index contributed by atoms with van der Waals surface area (Å²) in [4.78, 5) is 2.39. The molecule has 2 fully saturated rings. The predicted octanol–water partition coefficient (Wildman–Crippen LogP) is 0.974. The van der Waals surface area contributed by atoms with Gasteiger partial charge in [0.15, 0.2) is 0 Å². The van der Waals surface area contributed by atoms with Crippen molar-refractivity contribution >= 4 is 0 Å². The zero-order valence-electron chi connectivity index (χ0n) is 12.1. The van der Waals surface area contributed by atoms with Gasteiger partial charge in [-0.1, -0.05) is 0 Å². The molecule has 1 aliphatic heterocycles. The molecule has 1 saturated heterocycles. The molecule has 0 aromatic carbocycles. The zero-order valence-corrected chi connectivity index (χ0v) is 12.1. The lowest BCUT2D eigenvalue weighted by Gasteiger charge is -2.33. The van der Waals surface area contributed by atoms with Crippen LogP contribution in [0, 0.1) is 5.92 Å². The lowest BCUT2D eigenvalue weighted by Crippen LogP contribution is -2.49. The number of aliphatic hydroxyl groups is 1. The van der Waals surface area contributed by atoms with E-state index in [1.54, 1.807) is 0 Å². The number of nitrogens with zero attached hydrogens (tertiary/aromatic N) is 1. The number of nitrogens with two attached hydrogens (primary N) is 1. The maximum Gasteiger partial charge on any atom is 0.0788 e. The number of aliphatic hydroxyl groups excluding tert-OH is 1. The summed E-state index contributed by atoms with van der Waals surface area (Å²) in [6.07, 6.45) is 2.51. The molecule has 2 aliphatic rings. The number of ether oxygens (including phenoxy) is 1. The molecule has 0 aromatic heterocycles. The molecule has 0 bridgehead atoms. The highest BCUT2D eigenvalue weighted by Gasteiger charge is 2.52. The Morgan fingerprint density at radius 2 is 1.83 bits per heavy atom. The van der Waals surface area contributed by atoms with Crippen LogP contribution < -0.4 is 5.73 Å². The SMILES string of the molecule is CC1(C)OC(C)(C)C(CN(CCO)C2CC2)C1N. The van der Waals surface area contributed by atoms with Crippen molar-refractivity contribution in [2.45, 2.75) is 63.8 Å². The van der Waals surface area contributed by atoms with Crippen molar-refractivity contribution in [2.24, 2.45) is 11.7 Å². The Morgan fingerprint density at radius 3 is 2.22 bits per heavy atom. The average molecular weight is 256 g/mol. The molecule has 18 heavy (non-hydrogen) atoms. The van der Waals surface area contributed by atoms with Crippen LogP contribution in [0.15, 0.2) is 0 Å². The average Bonchev–Trinajstić information content (AvgIpc) is 3.02. The molecule has 4 nitrogen and oxygen atoms in total. The van der Waals surface area contributed by atoms with Crippen molar-refractivity contribution in [1.29, 1.82) is 0 Å². The minimum atomic E-state index is -0.261. The van der Waals surface area contributed by atoms with Gasteiger partial charge in [0.25, 0.3) is 0 Å². The second-order valence-electron chi connectivity index (χ2n) is 6.89. The fourth-order valence-electron chi connectivity index (χ4n) is 3.32. The molecule has 0 amide bonds. The lowest BCUT2D eigenvalue weighted by molar-refractivity contribution is -0.0788. The van der Waals surface area contributed by atoms with Crippen LogP contribution in [0.2, 0.25) is 0 Å². The first-order chi connectivity index (χ1) is 8.28. The Morgan fingerprint density at radius 1 is 1.22 bits per heavy atom. The van der Waals surface area contributed by atoms with Crippen molar-refractivity contribution < 1.29 is 9.84 Å². The predicted molar refractivity (Wildman–Crippen MR) is 72.4 cm³/mol. The van der Waals surface area contributed by atoms with Gasteiger partial charge in [-0.25, -0.2) is 0 Å². The van der Waals surface area contributed by atoms with E-state index in [9.17, 15) is 5.11 Å². The summed E-state index contributed by atoms with van der Waals surface area (Å²) in [5.41, 5.74) is 5.93. The van der Waals surface area contributed by atoms with Gasteiger partial charge < -0.3 is 15.6 Å². The summed E-state index contributed by atoms with van der Waals surface area (Å²) < 4.78 is 6.13. The van der Waals surface area contributed by atoms with Crippen LogP contribution in [0.4, 0.5) is 0 Å². The first-order valence-electron chi connectivity index (χ1n) is 7.08. The van der Waals surface area contributed by atoms with Crippen LogP contribution in [0.5, 0.6) is 0 Å². The number of hydrogen-bond donors (Lipinski definition) is 2. The molecule has 4 heteroatoms. The van der Waals surface area contributed by atoms with Gasteiger partial charge in [-0.05, 0) is 40.5 Å². The highest BCUT2D eigenvalue weighted by atomic mass is 16.5. The van der Waals surface area contributed by atoms with E-state index in [-0.39, 0.29) is 23.9 Å². The molecule has 3 N–H and O–H groups in total. The van der Waals surface area contributed by atoms with E-state index < -0.39 is 0 Å². The summed E-state index contributed by atoms with van der Waals surface area (Å²) in [7, 11) is 0. The molecule has 2 atom stereocenters. The highest BCUT2D eigenvalue weighted by molar-refractivity contribution is 5.05. The molecule has 2 rings (SSSR count). The normalized spacial score (nSPS) is 34.2. The maximum atomic E-state index is 9.18. The zero-order chi connectivity index (χ0) is 13.6. The van der Waals surface area contributed by atoms with E-state index in [1.165, 1.54) is 12.8 Å². The smallest absolute Gasteiger partial charge is 0.0788 e. The molecule has 2 unspecified atom stereocenters. The van der Waals surface area contributed by atoms with Gasteiger partial charge in [0.05, 0.1) is 17.8 Å². The van der Waals surface area contributed by atoms with Crippen LogP contribution >= 0.6 is 0 Å². The van der Waals surface area contributed by atoms with Crippen molar-refractivity contribution in [3.63, 3.8) is 0 Å². The topological polar surface area (TPSA) is 58.7 Å². The quantitative estimate of drug-likeness (QED) is 0.769. The molecule has 1 aliphatic carbocycles. The van der Waals surface area contributed by atoms with Gasteiger partial charge in [-0.15, -0.1) is 0 Å². The van der Waals surface area contributed by atoms with Gasteiger partial charge in [0.2, 0.25) is 0 Å². The molecule has 0 aromatic rings. The third kappa shape index (κ3) is 2.72. The van der Waals surface area contributed by atoms with E-state index in [1.807, 2.05) is 0 Å². The van der Waals surface area contributed by atoms with E-state index in [0.717, 1.165) is 13.1 Å². The third-order valence-corrected chi connectivity index (χ3v) is 4.54. The Bertz CT molecular complexity index is 300. The highest BCUT2D eigenvalue weighted by Crippen LogP contribution is 2.42. The van der Waals surface area contributed by atoms with Crippen molar-refractivity contribution in [1.82, 2.24) is 4.90 Å². The van der Waals surface area contributed by atoms with Gasteiger partial charge in [0.1, 0.15) is 0 Å². The molecule has 0 spiro atoms. The van der Waals surface area contributed by atoms with Crippen LogP contribution in [-0.2, 0) is 4.74 Å². The van der Waals surface area contributed by atoms with Gasteiger partial charge >= 0.3 is 0 Å². The van der Waals surface area contributed by atoms with E-state index in [0.29, 0.717) is 12.0 Å². The van der Waals surface area contributed by atoms with Crippen LogP contribution in [0.25, 0.3) is 0 Å². The fraction of sp³-hybridized carbons (Fsp3) is 1.00. The second-order valence-corrected chi connectivity index (χ2v) is 6.89. The molecule has 0 radical (unpaired) electrons. The summed E-state index contributed by atoms with van der Waals surface area (Å²) in [6.45, 7) is 10.3. The maximum absolute atomic E-state index is 9.18. The molecule has 106 valence electrons. The molecular formula is C14H28N2O2. The fourth-order valence-corrected chi connectivity index (χ4v) is 3.32. The van der Waals surface area contributed by atoms with E-state index in [4.69, 9.17) is 10.5 Å². The van der Waals surface area contributed by atoms with Gasteiger partial charge in [0, 0.05) is 31.1 Å². The van der Waals surface area contributed by atoms with Gasteiger partial charge in [-0.2, -0.15) is 0 Å². The minimum absolute atomic E-state index is 0.0486. The first kappa shape index (κ1) is 14.3. The molecular weight excluding hydrogens is 228 g/mol. The summed E-state index contributed by atoms with van der Waals surface area (Å²) in [6, 6.07) is 0.705. The summed E-state index contributed by atoms with van der Waals surface area (Å²) in [5.74, 6) is 0.319. The Hall–Kier alpha value is -0.160. The van der Waals surface area contributed by atoms with E-state index >= 15 is 0 Å². The van der Waals surface area contributed by atoms with Crippen molar-refractivity contribution in [3.05, 3.63) is 0 Å².